The second kappa shape index (κ2) is 5.70. The van der Waals surface area contributed by atoms with Crippen molar-refractivity contribution in [2.24, 2.45) is 0 Å². The third-order valence-corrected chi connectivity index (χ3v) is 3.25. The second-order valence-electron chi connectivity index (χ2n) is 4.50. The molecule has 1 aliphatic heterocycles. The number of likely N-dealkylation sites (N-methyl/N-ethyl adjacent to an activating group) is 1. The highest BCUT2D eigenvalue weighted by atomic mass is 15.2. The van der Waals surface area contributed by atoms with Gasteiger partial charge in [0.25, 0.3) is 0 Å². The molecule has 17 heavy (non-hydrogen) atoms. The Labute approximate surface area is 103 Å². The van der Waals surface area contributed by atoms with E-state index in [-0.39, 0.29) is 0 Å². The Morgan fingerprint density at radius 1 is 1.53 bits per heavy atom. The molecule has 3 nitrogen and oxygen atoms in total. The van der Waals surface area contributed by atoms with Gasteiger partial charge in [-0.3, -0.25) is 0 Å². The monoisotopic (exact) mass is 229 g/mol. The van der Waals surface area contributed by atoms with E-state index < -0.39 is 0 Å². The van der Waals surface area contributed by atoms with Crippen LogP contribution in [0.1, 0.15) is 25.3 Å². The Balaban J connectivity index is 2.08. The lowest BCUT2D eigenvalue weighted by Gasteiger charge is -2.34. The summed E-state index contributed by atoms with van der Waals surface area (Å²) in [4.78, 5) is 2.37. The summed E-state index contributed by atoms with van der Waals surface area (Å²) in [5, 5.41) is 12.4. The molecule has 2 rings (SSSR count). The first-order valence-electron chi connectivity index (χ1n) is 6.32. The zero-order valence-electron chi connectivity index (χ0n) is 10.3. The van der Waals surface area contributed by atoms with Gasteiger partial charge in [-0.1, -0.05) is 13.0 Å². The van der Waals surface area contributed by atoms with E-state index in [4.69, 9.17) is 5.26 Å². The lowest BCUT2D eigenvalue weighted by molar-refractivity contribution is 0.431. The molecule has 1 aliphatic rings. The predicted octanol–water partition coefficient (Wildman–Crippen LogP) is 2.14. The maximum Gasteiger partial charge on any atom is 0.0992 e. The second-order valence-corrected chi connectivity index (χ2v) is 4.50. The number of rotatable bonds is 3. The molecule has 0 amide bonds. The molecule has 1 heterocycles. The van der Waals surface area contributed by atoms with Gasteiger partial charge in [-0.15, -0.1) is 0 Å². The SMILES string of the molecule is CCNC1CCCN(c2cccc(C#N)c2)C1. The summed E-state index contributed by atoms with van der Waals surface area (Å²) in [6.07, 6.45) is 2.47. The molecule has 1 aromatic carbocycles. The molecule has 0 aromatic heterocycles. The molecule has 1 unspecified atom stereocenters. The summed E-state index contributed by atoms with van der Waals surface area (Å²) < 4.78 is 0. The van der Waals surface area contributed by atoms with Crippen molar-refractivity contribution in [3.8, 4) is 6.07 Å². The summed E-state index contributed by atoms with van der Waals surface area (Å²) >= 11 is 0. The van der Waals surface area contributed by atoms with E-state index in [0.29, 0.717) is 6.04 Å². The number of nitriles is 1. The summed E-state index contributed by atoms with van der Waals surface area (Å²) in [5.41, 5.74) is 1.92. The molecule has 3 heteroatoms. The molecule has 1 N–H and O–H groups in total. The molecule has 0 bridgehead atoms. The predicted molar refractivity (Wildman–Crippen MR) is 70.1 cm³/mol. The molecular formula is C14H19N3. The maximum atomic E-state index is 8.92. The van der Waals surface area contributed by atoms with Gasteiger partial charge in [-0.2, -0.15) is 5.26 Å². The third kappa shape index (κ3) is 2.98. The first kappa shape index (κ1) is 11.9. The fourth-order valence-corrected chi connectivity index (χ4v) is 2.44. The molecule has 0 radical (unpaired) electrons. The fourth-order valence-electron chi connectivity index (χ4n) is 2.44. The zero-order valence-corrected chi connectivity index (χ0v) is 10.3. The lowest BCUT2D eigenvalue weighted by Crippen LogP contribution is -2.45. The van der Waals surface area contributed by atoms with E-state index in [1.807, 2.05) is 18.2 Å². The highest BCUT2D eigenvalue weighted by Gasteiger charge is 2.19. The van der Waals surface area contributed by atoms with Crippen LogP contribution in [0.5, 0.6) is 0 Å². The largest absolute Gasteiger partial charge is 0.370 e. The Kier molecular flexibility index (Phi) is 4.00. The first-order valence-corrected chi connectivity index (χ1v) is 6.32. The van der Waals surface area contributed by atoms with Gasteiger partial charge in [-0.05, 0) is 37.6 Å². The minimum Gasteiger partial charge on any atom is -0.370 e. The third-order valence-electron chi connectivity index (χ3n) is 3.25. The minimum atomic E-state index is 0.583. The molecule has 1 fully saturated rings. The van der Waals surface area contributed by atoms with Gasteiger partial charge in [-0.25, -0.2) is 0 Å². The van der Waals surface area contributed by atoms with E-state index in [9.17, 15) is 0 Å². The summed E-state index contributed by atoms with van der Waals surface area (Å²) in [7, 11) is 0. The number of piperidine rings is 1. The maximum absolute atomic E-state index is 8.92. The van der Waals surface area contributed by atoms with Crippen molar-refractivity contribution < 1.29 is 0 Å². The van der Waals surface area contributed by atoms with E-state index >= 15 is 0 Å². The van der Waals surface area contributed by atoms with Gasteiger partial charge in [0.05, 0.1) is 11.6 Å². The minimum absolute atomic E-state index is 0.583. The van der Waals surface area contributed by atoms with Crippen LogP contribution in [0.3, 0.4) is 0 Å². The van der Waals surface area contributed by atoms with Crippen LogP contribution in [0.4, 0.5) is 5.69 Å². The fraction of sp³-hybridized carbons (Fsp3) is 0.500. The summed E-state index contributed by atoms with van der Waals surface area (Å²) in [5.74, 6) is 0. The number of nitrogens with one attached hydrogen (secondary N) is 1. The molecule has 1 saturated heterocycles. The van der Waals surface area contributed by atoms with Crippen LogP contribution < -0.4 is 10.2 Å². The topological polar surface area (TPSA) is 39.1 Å². The first-order chi connectivity index (χ1) is 8.33. The van der Waals surface area contributed by atoms with Crippen molar-refractivity contribution in [2.45, 2.75) is 25.8 Å². The van der Waals surface area contributed by atoms with Crippen molar-refractivity contribution in [1.29, 1.82) is 5.26 Å². The Morgan fingerprint density at radius 2 is 2.41 bits per heavy atom. The van der Waals surface area contributed by atoms with Crippen LogP contribution in [0.2, 0.25) is 0 Å². The molecule has 90 valence electrons. The van der Waals surface area contributed by atoms with Crippen molar-refractivity contribution in [1.82, 2.24) is 5.32 Å². The average Bonchev–Trinajstić information content (AvgIpc) is 2.40. The van der Waals surface area contributed by atoms with Crippen LogP contribution in [0, 0.1) is 11.3 Å². The van der Waals surface area contributed by atoms with Crippen molar-refractivity contribution >= 4 is 5.69 Å². The van der Waals surface area contributed by atoms with Gasteiger partial charge < -0.3 is 10.2 Å². The van der Waals surface area contributed by atoms with Gasteiger partial charge in [0, 0.05) is 24.8 Å². The highest BCUT2D eigenvalue weighted by molar-refractivity contribution is 5.51. The number of hydrogen-bond donors (Lipinski definition) is 1. The van der Waals surface area contributed by atoms with Crippen LogP contribution >= 0.6 is 0 Å². The normalized spacial score (nSPS) is 20.0. The van der Waals surface area contributed by atoms with Gasteiger partial charge in [0.1, 0.15) is 0 Å². The number of benzene rings is 1. The Bertz CT molecular complexity index is 406. The lowest BCUT2D eigenvalue weighted by atomic mass is 10.0. The molecule has 1 atom stereocenters. The smallest absolute Gasteiger partial charge is 0.0992 e. The van der Waals surface area contributed by atoms with Crippen LogP contribution in [-0.4, -0.2) is 25.7 Å². The Morgan fingerprint density at radius 3 is 3.18 bits per heavy atom. The highest BCUT2D eigenvalue weighted by Crippen LogP contribution is 2.20. The van der Waals surface area contributed by atoms with E-state index in [1.165, 1.54) is 18.5 Å². The Hall–Kier alpha value is -1.53. The van der Waals surface area contributed by atoms with Gasteiger partial charge in [0.15, 0.2) is 0 Å². The molecule has 0 spiro atoms. The zero-order chi connectivity index (χ0) is 12.1. The molecular weight excluding hydrogens is 210 g/mol. The van der Waals surface area contributed by atoms with E-state index in [0.717, 1.165) is 25.2 Å². The van der Waals surface area contributed by atoms with Crippen LogP contribution in [-0.2, 0) is 0 Å². The standard InChI is InChI=1S/C14H19N3/c1-2-16-13-6-4-8-17(11-13)14-7-3-5-12(9-14)10-15/h3,5,7,9,13,16H,2,4,6,8,11H2,1H3. The number of hydrogen-bond acceptors (Lipinski definition) is 3. The van der Waals surface area contributed by atoms with Crippen LogP contribution in [0.15, 0.2) is 24.3 Å². The van der Waals surface area contributed by atoms with Crippen molar-refractivity contribution in [3.05, 3.63) is 29.8 Å². The summed E-state index contributed by atoms with van der Waals surface area (Å²) in [6, 6.07) is 10.7. The van der Waals surface area contributed by atoms with E-state index in [2.05, 4.69) is 29.3 Å². The average molecular weight is 229 g/mol. The van der Waals surface area contributed by atoms with Crippen molar-refractivity contribution in [3.63, 3.8) is 0 Å². The quantitative estimate of drug-likeness (QED) is 0.863. The molecule has 0 aliphatic carbocycles. The number of anilines is 1. The summed E-state index contributed by atoms with van der Waals surface area (Å²) in [6.45, 7) is 5.31. The van der Waals surface area contributed by atoms with Gasteiger partial charge in [0.2, 0.25) is 0 Å². The van der Waals surface area contributed by atoms with E-state index in [1.54, 1.807) is 0 Å². The molecule has 1 aromatic rings. The molecule has 0 saturated carbocycles. The van der Waals surface area contributed by atoms with Crippen molar-refractivity contribution in [2.75, 3.05) is 24.5 Å². The van der Waals surface area contributed by atoms with Gasteiger partial charge >= 0.3 is 0 Å². The number of nitrogens with zero attached hydrogens (tertiary/aromatic N) is 2. The van der Waals surface area contributed by atoms with Crippen LogP contribution in [0.25, 0.3) is 0 Å².